The standard InChI is InChI=1S/C16H16FN/c1-18-10-13-5-2-3-8-15(13)16(11-18)12-6-4-7-14(17)9-12/h2-9,16H,10-11H2,1H3. The van der Waals surface area contributed by atoms with E-state index >= 15 is 0 Å². The molecule has 0 bridgehead atoms. The van der Waals surface area contributed by atoms with Crippen LogP contribution in [0.15, 0.2) is 48.5 Å². The van der Waals surface area contributed by atoms with Gasteiger partial charge in [-0.2, -0.15) is 0 Å². The fourth-order valence-electron chi connectivity index (χ4n) is 2.79. The number of nitrogens with zero attached hydrogens (tertiary/aromatic N) is 1. The topological polar surface area (TPSA) is 3.24 Å². The van der Waals surface area contributed by atoms with Crippen molar-refractivity contribution in [1.29, 1.82) is 0 Å². The Balaban J connectivity index is 2.07. The predicted molar refractivity (Wildman–Crippen MR) is 71.0 cm³/mol. The third-order valence-corrected chi connectivity index (χ3v) is 3.62. The average Bonchev–Trinajstić information content (AvgIpc) is 2.37. The second-order valence-corrected chi connectivity index (χ2v) is 5.00. The second-order valence-electron chi connectivity index (χ2n) is 5.00. The molecule has 0 spiro atoms. The Labute approximate surface area is 107 Å². The van der Waals surface area contributed by atoms with Crippen molar-refractivity contribution >= 4 is 0 Å². The molecule has 2 aromatic rings. The third-order valence-electron chi connectivity index (χ3n) is 3.62. The van der Waals surface area contributed by atoms with Crippen LogP contribution in [0.4, 0.5) is 4.39 Å². The van der Waals surface area contributed by atoms with E-state index < -0.39 is 0 Å². The summed E-state index contributed by atoms with van der Waals surface area (Å²) < 4.78 is 13.4. The fraction of sp³-hybridized carbons (Fsp3) is 0.250. The fourth-order valence-corrected chi connectivity index (χ4v) is 2.79. The van der Waals surface area contributed by atoms with Crippen molar-refractivity contribution in [3.05, 3.63) is 71.0 Å². The van der Waals surface area contributed by atoms with Crippen molar-refractivity contribution in [2.75, 3.05) is 13.6 Å². The molecule has 0 saturated carbocycles. The highest BCUT2D eigenvalue weighted by atomic mass is 19.1. The highest BCUT2D eigenvalue weighted by Gasteiger charge is 2.24. The maximum atomic E-state index is 13.4. The zero-order valence-electron chi connectivity index (χ0n) is 10.4. The van der Waals surface area contributed by atoms with Crippen molar-refractivity contribution in [3.8, 4) is 0 Å². The summed E-state index contributed by atoms with van der Waals surface area (Å²) >= 11 is 0. The molecular weight excluding hydrogens is 225 g/mol. The Bertz CT molecular complexity index is 565. The molecule has 1 unspecified atom stereocenters. The lowest BCUT2D eigenvalue weighted by Gasteiger charge is -2.32. The van der Waals surface area contributed by atoms with E-state index in [0.717, 1.165) is 18.7 Å². The van der Waals surface area contributed by atoms with Crippen molar-refractivity contribution in [3.63, 3.8) is 0 Å². The molecule has 2 heteroatoms. The van der Waals surface area contributed by atoms with Crippen molar-refractivity contribution < 1.29 is 4.39 Å². The van der Waals surface area contributed by atoms with Gasteiger partial charge in [-0.15, -0.1) is 0 Å². The van der Waals surface area contributed by atoms with Gasteiger partial charge in [-0.1, -0.05) is 36.4 Å². The summed E-state index contributed by atoms with van der Waals surface area (Å²) in [5, 5.41) is 0. The van der Waals surface area contributed by atoms with E-state index in [9.17, 15) is 4.39 Å². The Morgan fingerprint density at radius 1 is 1.11 bits per heavy atom. The summed E-state index contributed by atoms with van der Waals surface area (Å²) in [6, 6.07) is 15.4. The van der Waals surface area contributed by atoms with Gasteiger partial charge in [0.2, 0.25) is 0 Å². The lowest BCUT2D eigenvalue weighted by atomic mass is 9.85. The molecule has 0 N–H and O–H groups in total. The maximum Gasteiger partial charge on any atom is 0.123 e. The number of benzene rings is 2. The smallest absolute Gasteiger partial charge is 0.123 e. The Morgan fingerprint density at radius 3 is 2.78 bits per heavy atom. The van der Waals surface area contributed by atoms with Crippen molar-refractivity contribution in [1.82, 2.24) is 4.90 Å². The number of hydrogen-bond acceptors (Lipinski definition) is 1. The van der Waals surface area contributed by atoms with Gasteiger partial charge in [-0.25, -0.2) is 4.39 Å². The van der Waals surface area contributed by atoms with Crippen LogP contribution in [-0.4, -0.2) is 18.5 Å². The summed E-state index contributed by atoms with van der Waals surface area (Å²) in [6.07, 6.45) is 0. The first-order valence-electron chi connectivity index (χ1n) is 6.26. The molecule has 0 amide bonds. The zero-order valence-corrected chi connectivity index (χ0v) is 10.4. The van der Waals surface area contributed by atoms with Crippen LogP contribution >= 0.6 is 0 Å². The van der Waals surface area contributed by atoms with E-state index in [2.05, 4.69) is 36.2 Å². The molecule has 1 aliphatic heterocycles. The van der Waals surface area contributed by atoms with E-state index in [4.69, 9.17) is 0 Å². The molecule has 3 rings (SSSR count). The van der Waals surface area contributed by atoms with Gasteiger partial charge >= 0.3 is 0 Å². The first kappa shape index (κ1) is 11.4. The van der Waals surface area contributed by atoms with Crippen LogP contribution in [0.3, 0.4) is 0 Å². The van der Waals surface area contributed by atoms with Crippen LogP contribution in [0, 0.1) is 5.82 Å². The second kappa shape index (κ2) is 4.54. The predicted octanol–water partition coefficient (Wildman–Crippen LogP) is 3.40. The van der Waals surface area contributed by atoms with Crippen LogP contribution in [0.2, 0.25) is 0 Å². The molecule has 1 atom stereocenters. The van der Waals surface area contributed by atoms with Gasteiger partial charge < -0.3 is 4.90 Å². The van der Waals surface area contributed by atoms with E-state index in [0.29, 0.717) is 0 Å². The molecule has 18 heavy (non-hydrogen) atoms. The largest absolute Gasteiger partial charge is 0.301 e. The zero-order chi connectivity index (χ0) is 12.5. The van der Waals surface area contributed by atoms with Gasteiger partial charge in [0.15, 0.2) is 0 Å². The number of hydrogen-bond donors (Lipinski definition) is 0. The normalized spacial score (nSPS) is 19.6. The Morgan fingerprint density at radius 2 is 1.94 bits per heavy atom. The molecular formula is C16H16FN. The minimum atomic E-state index is -0.154. The van der Waals surface area contributed by atoms with Crippen LogP contribution in [0.1, 0.15) is 22.6 Å². The van der Waals surface area contributed by atoms with Gasteiger partial charge in [0.25, 0.3) is 0 Å². The first-order chi connectivity index (χ1) is 8.74. The van der Waals surface area contributed by atoms with Gasteiger partial charge in [-0.05, 0) is 35.9 Å². The first-order valence-corrected chi connectivity index (χ1v) is 6.26. The van der Waals surface area contributed by atoms with Gasteiger partial charge in [-0.3, -0.25) is 0 Å². The average molecular weight is 241 g/mol. The molecule has 2 aromatic carbocycles. The van der Waals surface area contributed by atoms with Crippen molar-refractivity contribution in [2.45, 2.75) is 12.5 Å². The molecule has 0 aliphatic carbocycles. The molecule has 0 radical (unpaired) electrons. The summed E-state index contributed by atoms with van der Waals surface area (Å²) in [5.74, 6) is 0.119. The van der Waals surface area contributed by atoms with Crippen LogP contribution in [0.5, 0.6) is 0 Å². The maximum absolute atomic E-state index is 13.4. The highest BCUT2D eigenvalue weighted by Crippen LogP contribution is 2.32. The quantitative estimate of drug-likeness (QED) is 0.739. The van der Waals surface area contributed by atoms with Crippen LogP contribution < -0.4 is 0 Å². The summed E-state index contributed by atoms with van der Waals surface area (Å²) in [5.41, 5.74) is 3.75. The molecule has 0 fully saturated rings. The van der Waals surface area contributed by atoms with E-state index in [1.807, 2.05) is 6.07 Å². The minimum Gasteiger partial charge on any atom is -0.301 e. The highest BCUT2D eigenvalue weighted by molar-refractivity contribution is 5.40. The Kier molecular flexibility index (Phi) is 2.88. The molecule has 0 saturated heterocycles. The Hall–Kier alpha value is -1.67. The van der Waals surface area contributed by atoms with Crippen LogP contribution in [-0.2, 0) is 6.54 Å². The lowest BCUT2D eigenvalue weighted by molar-refractivity contribution is 0.295. The van der Waals surface area contributed by atoms with E-state index in [-0.39, 0.29) is 11.7 Å². The number of rotatable bonds is 1. The van der Waals surface area contributed by atoms with E-state index in [1.165, 1.54) is 17.2 Å². The molecule has 1 nitrogen and oxygen atoms in total. The van der Waals surface area contributed by atoms with Crippen molar-refractivity contribution in [2.24, 2.45) is 0 Å². The van der Waals surface area contributed by atoms with Gasteiger partial charge in [0.05, 0.1) is 0 Å². The molecule has 1 aliphatic rings. The van der Waals surface area contributed by atoms with Crippen LogP contribution in [0.25, 0.3) is 0 Å². The monoisotopic (exact) mass is 241 g/mol. The summed E-state index contributed by atoms with van der Waals surface area (Å²) in [7, 11) is 2.11. The minimum absolute atomic E-state index is 0.154. The molecule has 92 valence electrons. The summed E-state index contributed by atoms with van der Waals surface area (Å²) in [6.45, 7) is 1.92. The van der Waals surface area contributed by atoms with Gasteiger partial charge in [0, 0.05) is 19.0 Å². The third kappa shape index (κ3) is 2.04. The van der Waals surface area contributed by atoms with E-state index in [1.54, 1.807) is 12.1 Å². The van der Waals surface area contributed by atoms with Gasteiger partial charge in [0.1, 0.15) is 5.82 Å². The number of likely N-dealkylation sites (N-methyl/N-ethyl adjacent to an activating group) is 1. The lowest BCUT2D eigenvalue weighted by Crippen LogP contribution is -2.30. The molecule has 1 heterocycles. The number of fused-ring (bicyclic) bond motifs is 1. The SMILES string of the molecule is CN1Cc2ccccc2C(c2cccc(F)c2)C1. The summed E-state index contributed by atoms with van der Waals surface area (Å²) in [4.78, 5) is 2.29. The molecule has 0 aromatic heterocycles. The number of halogens is 1.